The van der Waals surface area contributed by atoms with Crippen LogP contribution < -0.4 is 0 Å². The number of thiophene rings is 1. The Morgan fingerprint density at radius 2 is 2.19 bits per heavy atom. The van der Waals surface area contributed by atoms with Crippen molar-refractivity contribution < 1.29 is 14.7 Å². The van der Waals surface area contributed by atoms with E-state index in [-0.39, 0.29) is 18.4 Å². The van der Waals surface area contributed by atoms with Crippen LogP contribution in [0.2, 0.25) is 0 Å². The zero-order chi connectivity index (χ0) is 12.1. The Hall–Kier alpha value is -1.36. The first-order valence-electron chi connectivity index (χ1n) is 5.05. The molecule has 5 heteroatoms. The van der Waals surface area contributed by atoms with Crippen molar-refractivity contribution in [1.29, 1.82) is 0 Å². The second kappa shape index (κ2) is 5.65. The van der Waals surface area contributed by atoms with Crippen LogP contribution >= 0.6 is 11.3 Å². The summed E-state index contributed by atoms with van der Waals surface area (Å²) < 4.78 is 0. The minimum absolute atomic E-state index is 0.203. The van der Waals surface area contributed by atoms with E-state index in [0.29, 0.717) is 11.4 Å². The molecule has 0 fully saturated rings. The van der Waals surface area contributed by atoms with Crippen LogP contribution in [0.3, 0.4) is 0 Å². The second-order valence-electron chi connectivity index (χ2n) is 3.95. The predicted octanol–water partition coefficient (Wildman–Crippen LogP) is 1.93. The van der Waals surface area contributed by atoms with Crippen LogP contribution in [-0.2, 0) is 4.79 Å². The van der Waals surface area contributed by atoms with Crippen molar-refractivity contribution in [3.05, 3.63) is 22.4 Å². The zero-order valence-electron chi connectivity index (χ0n) is 9.34. The molecule has 0 aliphatic heterocycles. The summed E-state index contributed by atoms with van der Waals surface area (Å²) >= 11 is 1.33. The molecule has 0 aliphatic rings. The van der Waals surface area contributed by atoms with E-state index in [9.17, 15) is 9.59 Å². The van der Waals surface area contributed by atoms with Gasteiger partial charge in [0.15, 0.2) is 0 Å². The lowest BCUT2D eigenvalue weighted by atomic mass is 10.2. The molecule has 0 atom stereocenters. The van der Waals surface area contributed by atoms with Gasteiger partial charge in [-0.1, -0.05) is 19.9 Å². The second-order valence-corrected chi connectivity index (χ2v) is 4.90. The smallest absolute Gasteiger partial charge is 0.323 e. The maximum atomic E-state index is 11.9. The molecule has 0 unspecified atom stereocenters. The molecule has 0 saturated carbocycles. The largest absolute Gasteiger partial charge is 0.480 e. The van der Waals surface area contributed by atoms with E-state index in [2.05, 4.69) is 0 Å². The normalized spacial score (nSPS) is 10.4. The van der Waals surface area contributed by atoms with Gasteiger partial charge in [0.05, 0.1) is 4.88 Å². The maximum Gasteiger partial charge on any atom is 0.323 e. The highest BCUT2D eigenvalue weighted by atomic mass is 32.1. The highest BCUT2D eigenvalue weighted by Crippen LogP contribution is 2.13. The monoisotopic (exact) mass is 241 g/mol. The number of aliphatic carboxylic acids is 1. The van der Waals surface area contributed by atoms with E-state index in [4.69, 9.17) is 5.11 Å². The Balaban J connectivity index is 2.75. The number of carboxylic acids is 1. The first-order chi connectivity index (χ1) is 7.50. The van der Waals surface area contributed by atoms with E-state index >= 15 is 0 Å². The quantitative estimate of drug-likeness (QED) is 0.857. The summed E-state index contributed by atoms with van der Waals surface area (Å²) in [5.41, 5.74) is 0. The Kier molecular flexibility index (Phi) is 4.49. The van der Waals surface area contributed by atoms with Crippen molar-refractivity contribution in [2.24, 2.45) is 5.92 Å². The highest BCUT2D eigenvalue weighted by molar-refractivity contribution is 7.12. The van der Waals surface area contributed by atoms with E-state index in [1.807, 2.05) is 19.2 Å². The first-order valence-corrected chi connectivity index (χ1v) is 5.93. The fourth-order valence-electron chi connectivity index (χ4n) is 1.38. The Labute approximate surface area is 98.5 Å². The average Bonchev–Trinajstić information content (AvgIpc) is 2.66. The average molecular weight is 241 g/mol. The summed E-state index contributed by atoms with van der Waals surface area (Å²) in [6, 6.07) is 3.49. The molecule has 88 valence electrons. The van der Waals surface area contributed by atoms with Gasteiger partial charge in [-0.05, 0) is 17.4 Å². The molecule has 0 bridgehead atoms. The SMILES string of the molecule is CC(C)CN(CC(=O)O)C(=O)c1cccs1. The molecule has 1 amide bonds. The van der Waals surface area contributed by atoms with Gasteiger partial charge >= 0.3 is 5.97 Å². The van der Waals surface area contributed by atoms with Gasteiger partial charge in [0.25, 0.3) is 5.91 Å². The lowest BCUT2D eigenvalue weighted by Crippen LogP contribution is -2.37. The molecule has 1 aromatic rings. The molecule has 4 nitrogen and oxygen atoms in total. The van der Waals surface area contributed by atoms with Crippen molar-refractivity contribution >= 4 is 23.2 Å². The number of hydrogen-bond acceptors (Lipinski definition) is 3. The topological polar surface area (TPSA) is 57.6 Å². The molecule has 1 heterocycles. The van der Waals surface area contributed by atoms with Crippen LogP contribution in [0.5, 0.6) is 0 Å². The Morgan fingerprint density at radius 3 is 2.62 bits per heavy atom. The van der Waals surface area contributed by atoms with Crippen LogP contribution in [-0.4, -0.2) is 35.0 Å². The number of amides is 1. The Morgan fingerprint density at radius 1 is 1.50 bits per heavy atom. The summed E-state index contributed by atoms with van der Waals surface area (Å²) in [6.45, 7) is 4.13. The molecule has 0 spiro atoms. The van der Waals surface area contributed by atoms with Crippen LogP contribution in [0.15, 0.2) is 17.5 Å². The molecular formula is C11H15NO3S. The predicted molar refractivity (Wildman–Crippen MR) is 62.7 cm³/mol. The minimum atomic E-state index is -0.981. The molecule has 16 heavy (non-hydrogen) atoms. The zero-order valence-corrected chi connectivity index (χ0v) is 10.2. The van der Waals surface area contributed by atoms with E-state index in [1.54, 1.807) is 12.1 Å². The van der Waals surface area contributed by atoms with Crippen molar-refractivity contribution in [1.82, 2.24) is 4.90 Å². The van der Waals surface area contributed by atoms with E-state index in [0.717, 1.165) is 0 Å². The van der Waals surface area contributed by atoms with Crippen LogP contribution in [0.4, 0.5) is 0 Å². The van der Waals surface area contributed by atoms with Gasteiger partial charge in [-0.15, -0.1) is 11.3 Å². The third-order valence-electron chi connectivity index (χ3n) is 1.93. The molecular weight excluding hydrogens is 226 g/mol. The summed E-state index contributed by atoms with van der Waals surface area (Å²) in [5, 5.41) is 10.6. The van der Waals surface area contributed by atoms with Gasteiger partial charge in [0, 0.05) is 6.54 Å². The van der Waals surface area contributed by atoms with Gasteiger partial charge in [-0.25, -0.2) is 0 Å². The molecule has 1 rings (SSSR count). The van der Waals surface area contributed by atoms with E-state index in [1.165, 1.54) is 16.2 Å². The lowest BCUT2D eigenvalue weighted by Gasteiger charge is -2.21. The summed E-state index contributed by atoms with van der Waals surface area (Å²) in [7, 11) is 0. The lowest BCUT2D eigenvalue weighted by molar-refractivity contribution is -0.137. The summed E-state index contributed by atoms with van der Waals surface area (Å²) in [4.78, 5) is 24.6. The molecule has 0 aromatic carbocycles. The molecule has 0 aliphatic carbocycles. The summed E-state index contributed by atoms with van der Waals surface area (Å²) in [6.07, 6.45) is 0. The van der Waals surface area contributed by atoms with Crippen molar-refractivity contribution in [2.75, 3.05) is 13.1 Å². The molecule has 1 aromatic heterocycles. The first kappa shape index (κ1) is 12.7. The number of carbonyl (C=O) groups excluding carboxylic acids is 1. The third kappa shape index (κ3) is 3.66. The number of carboxylic acid groups (broad SMARTS) is 1. The number of hydrogen-bond donors (Lipinski definition) is 1. The van der Waals surface area contributed by atoms with Crippen molar-refractivity contribution in [3.63, 3.8) is 0 Å². The van der Waals surface area contributed by atoms with Gasteiger partial charge in [0.1, 0.15) is 6.54 Å². The molecule has 0 saturated heterocycles. The van der Waals surface area contributed by atoms with Gasteiger partial charge in [-0.2, -0.15) is 0 Å². The molecule has 0 radical (unpaired) electrons. The number of rotatable bonds is 5. The number of carbonyl (C=O) groups is 2. The van der Waals surface area contributed by atoms with Gasteiger partial charge in [-0.3, -0.25) is 9.59 Å². The standard InChI is InChI=1S/C11H15NO3S/c1-8(2)6-12(7-10(13)14)11(15)9-4-3-5-16-9/h3-5,8H,6-7H2,1-2H3,(H,13,14). The fourth-order valence-corrected chi connectivity index (χ4v) is 2.07. The van der Waals surface area contributed by atoms with Crippen molar-refractivity contribution in [3.8, 4) is 0 Å². The number of nitrogens with zero attached hydrogens (tertiary/aromatic N) is 1. The maximum absolute atomic E-state index is 11.9. The fraction of sp³-hybridized carbons (Fsp3) is 0.455. The van der Waals surface area contributed by atoms with Crippen LogP contribution in [0.25, 0.3) is 0 Å². The van der Waals surface area contributed by atoms with Crippen molar-refractivity contribution in [2.45, 2.75) is 13.8 Å². The van der Waals surface area contributed by atoms with Crippen LogP contribution in [0.1, 0.15) is 23.5 Å². The van der Waals surface area contributed by atoms with E-state index < -0.39 is 5.97 Å². The van der Waals surface area contributed by atoms with Gasteiger partial charge in [0.2, 0.25) is 0 Å². The van der Waals surface area contributed by atoms with Crippen LogP contribution in [0, 0.1) is 5.92 Å². The Bertz CT molecular complexity index is 359. The molecule has 1 N–H and O–H groups in total. The van der Waals surface area contributed by atoms with Gasteiger partial charge < -0.3 is 10.0 Å². The third-order valence-corrected chi connectivity index (χ3v) is 2.79. The summed E-state index contributed by atoms with van der Waals surface area (Å²) in [5.74, 6) is -0.931. The highest BCUT2D eigenvalue weighted by Gasteiger charge is 2.19. The minimum Gasteiger partial charge on any atom is -0.480 e.